The van der Waals surface area contributed by atoms with Gasteiger partial charge in [0.1, 0.15) is 12.5 Å². The van der Waals surface area contributed by atoms with Crippen molar-refractivity contribution in [2.24, 2.45) is 5.92 Å². The van der Waals surface area contributed by atoms with Gasteiger partial charge >= 0.3 is 6.01 Å². The van der Waals surface area contributed by atoms with Crippen LogP contribution >= 0.6 is 0 Å². The lowest BCUT2D eigenvalue weighted by atomic mass is 9.99. The smallest absolute Gasteiger partial charge is 0.318 e. The number of nitriles is 1. The van der Waals surface area contributed by atoms with Gasteiger partial charge in [0.15, 0.2) is 0 Å². The molecule has 0 N–H and O–H groups in total. The molecule has 1 aromatic heterocycles. The fourth-order valence-corrected chi connectivity index (χ4v) is 6.90. The molecular weight excluding hydrogens is 557 g/mol. The van der Waals surface area contributed by atoms with Gasteiger partial charge < -0.3 is 24.3 Å². The van der Waals surface area contributed by atoms with E-state index in [9.17, 15) is 14.4 Å². The van der Waals surface area contributed by atoms with Crippen LogP contribution in [0.3, 0.4) is 0 Å². The number of aryl methyl sites for hydroxylation is 1. The maximum absolute atomic E-state index is 12.8. The summed E-state index contributed by atoms with van der Waals surface area (Å²) in [6.45, 7) is 6.98. The van der Waals surface area contributed by atoms with Gasteiger partial charge in [-0.05, 0) is 56.4 Å². The standard InChI is InChI=1S/C34H40FN7O2/c1-24-6-3-7-26-8-4-9-30(32(24)26)40-17-13-28-29(22-40)37-34(44-23-25-12-16-39(2)20-25)38-33(28)41-18-19-42(27(21-41)11-15-36)31(43)10-5-14-35/h3-10,25,27H,11-14,16-23H2,1-2H3/b10-5+/t25?,27-/m0/s1. The van der Waals surface area contributed by atoms with E-state index in [1.807, 2.05) is 0 Å². The normalized spacial score (nSPS) is 20.7. The Kier molecular flexibility index (Phi) is 8.94. The molecule has 0 bridgehead atoms. The van der Waals surface area contributed by atoms with Crippen LogP contribution in [-0.4, -0.2) is 91.3 Å². The number of alkyl halides is 1. The summed E-state index contributed by atoms with van der Waals surface area (Å²) in [4.78, 5) is 31.3. The highest BCUT2D eigenvalue weighted by molar-refractivity contribution is 5.97. The second kappa shape index (κ2) is 13.2. The molecule has 230 valence electrons. The van der Waals surface area contributed by atoms with Crippen molar-refractivity contribution in [1.29, 1.82) is 5.26 Å². The summed E-state index contributed by atoms with van der Waals surface area (Å²) < 4.78 is 19.0. The lowest BCUT2D eigenvalue weighted by Gasteiger charge is -2.42. The number of hydrogen-bond acceptors (Lipinski definition) is 8. The Morgan fingerprint density at radius 3 is 2.73 bits per heavy atom. The first-order valence-corrected chi connectivity index (χ1v) is 15.5. The van der Waals surface area contributed by atoms with E-state index >= 15 is 0 Å². The first-order valence-electron chi connectivity index (χ1n) is 15.5. The quantitative estimate of drug-likeness (QED) is 0.356. The van der Waals surface area contributed by atoms with Crippen LogP contribution in [0.25, 0.3) is 10.8 Å². The van der Waals surface area contributed by atoms with E-state index < -0.39 is 6.67 Å². The number of anilines is 2. The Morgan fingerprint density at radius 1 is 1.11 bits per heavy atom. The zero-order chi connectivity index (χ0) is 30.6. The average Bonchev–Trinajstić information content (AvgIpc) is 3.46. The van der Waals surface area contributed by atoms with E-state index in [4.69, 9.17) is 14.7 Å². The first-order chi connectivity index (χ1) is 21.4. The third-order valence-electron chi connectivity index (χ3n) is 9.13. The number of nitrogens with zero attached hydrogens (tertiary/aromatic N) is 7. The highest BCUT2D eigenvalue weighted by Gasteiger charge is 2.33. The van der Waals surface area contributed by atoms with Gasteiger partial charge in [0.25, 0.3) is 0 Å². The van der Waals surface area contributed by atoms with E-state index in [0.29, 0.717) is 44.7 Å². The Bertz CT molecular complexity index is 1580. The summed E-state index contributed by atoms with van der Waals surface area (Å²) in [6, 6.07) is 15.2. The number of carbonyl (C=O) groups is 1. The maximum Gasteiger partial charge on any atom is 0.318 e. The van der Waals surface area contributed by atoms with Crippen molar-refractivity contribution >= 4 is 28.2 Å². The van der Waals surface area contributed by atoms with Gasteiger partial charge in [-0.25, -0.2) is 4.39 Å². The van der Waals surface area contributed by atoms with E-state index in [2.05, 4.69) is 71.1 Å². The fraction of sp³-hybridized carbons (Fsp3) is 0.471. The van der Waals surface area contributed by atoms with E-state index in [1.54, 1.807) is 4.90 Å². The lowest BCUT2D eigenvalue weighted by Crippen LogP contribution is -2.55. The number of benzene rings is 2. The minimum absolute atomic E-state index is 0.186. The van der Waals surface area contributed by atoms with Crippen LogP contribution in [0.4, 0.5) is 15.9 Å². The first kappa shape index (κ1) is 29.8. The third-order valence-corrected chi connectivity index (χ3v) is 9.13. The summed E-state index contributed by atoms with van der Waals surface area (Å²) in [6.07, 6.45) is 4.52. The lowest BCUT2D eigenvalue weighted by molar-refractivity contribution is -0.128. The highest BCUT2D eigenvalue weighted by atomic mass is 19.1. The van der Waals surface area contributed by atoms with Crippen molar-refractivity contribution < 1.29 is 13.9 Å². The molecule has 6 rings (SSSR count). The van der Waals surface area contributed by atoms with Gasteiger partial charge in [-0.3, -0.25) is 4.79 Å². The molecule has 4 heterocycles. The zero-order valence-corrected chi connectivity index (χ0v) is 25.6. The van der Waals surface area contributed by atoms with Crippen molar-refractivity contribution in [3.8, 4) is 12.1 Å². The number of allylic oxidation sites excluding steroid dienone is 1. The van der Waals surface area contributed by atoms with Crippen LogP contribution in [0.5, 0.6) is 6.01 Å². The molecule has 3 aliphatic heterocycles. The molecule has 1 unspecified atom stereocenters. The molecule has 44 heavy (non-hydrogen) atoms. The molecule has 0 spiro atoms. The van der Waals surface area contributed by atoms with Gasteiger partial charge in [0, 0.05) is 61.4 Å². The molecule has 0 radical (unpaired) electrons. The second-order valence-corrected chi connectivity index (χ2v) is 12.2. The van der Waals surface area contributed by atoms with Crippen LogP contribution in [-0.2, 0) is 17.8 Å². The minimum Gasteiger partial charge on any atom is -0.463 e. The number of carbonyl (C=O) groups excluding carboxylic acids is 1. The van der Waals surface area contributed by atoms with E-state index in [-0.39, 0.29) is 18.4 Å². The molecule has 0 saturated carbocycles. The number of fused-ring (bicyclic) bond motifs is 2. The number of hydrogen-bond donors (Lipinski definition) is 0. The maximum atomic E-state index is 12.8. The fourth-order valence-electron chi connectivity index (χ4n) is 6.90. The zero-order valence-electron chi connectivity index (χ0n) is 25.6. The average molecular weight is 598 g/mol. The summed E-state index contributed by atoms with van der Waals surface area (Å²) in [7, 11) is 2.13. The van der Waals surface area contributed by atoms with E-state index in [1.165, 1.54) is 34.2 Å². The van der Waals surface area contributed by atoms with Crippen molar-refractivity contribution in [2.75, 3.05) is 69.4 Å². The summed E-state index contributed by atoms with van der Waals surface area (Å²) >= 11 is 0. The second-order valence-electron chi connectivity index (χ2n) is 12.2. The van der Waals surface area contributed by atoms with Crippen molar-refractivity contribution in [3.05, 3.63) is 65.4 Å². The van der Waals surface area contributed by atoms with Crippen LogP contribution in [0, 0.1) is 24.2 Å². The Balaban J connectivity index is 1.32. The molecule has 9 nitrogen and oxygen atoms in total. The van der Waals surface area contributed by atoms with Crippen LogP contribution in [0.1, 0.15) is 29.7 Å². The number of ether oxygens (including phenoxy) is 1. The summed E-state index contributed by atoms with van der Waals surface area (Å²) in [5, 5.41) is 12.1. The number of amides is 1. The van der Waals surface area contributed by atoms with Gasteiger partial charge in [0.05, 0.1) is 37.4 Å². The molecule has 2 atom stereocenters. The molecule has 2 aromatic carbocycles. The molecular formula is C34H40FN7O2. The number of piperazine rings is 1. The molecule has 0 aliphatic carbocycles. The number of rotatable bonds is 8. The molecule has 2 saturated heterocycles. The van der Waals surface area contributed by atoms with Crippen molar-refractivity contribution in [1.82, 2.24) is 19.8 Å². The largest absolute Gasteiger partial charge is 0.463 e. The van der Waals surface area contributed by atoms with Crippen LogP contribution < -0.4 is 14.5 Å². The SMILES string of the molecule is Cc1cccc2cccc(N3CCc4c(nc(OCC5CCN(C)C5)nc4N4CCN(C(=O)/C=C/CF)[C@@H](CC#N)C4)C3)c12. The number of aromatic nitrogens is 2. The minimum atomic E-state index is -0.697. The van der Waals surface area contributed by atoms with Gasteiger partial charge in [-0.1, -0.05) is 30.3 Å². The molecule has 1 amide bonds. The van der Waals surface area contributed by atoms with Gasteiger partial charge in [-0.2, -0.15) is 15.2 Å². The third kappa shape index (κ3) is 6.20. The number of halogens is 1. The Labute approximate surface area is 258 Å². The summed E-state index contributed by atoms with van der Waals surface area (Å²) in [5.41, 5.74) is 4.49. The highest BCUT2D eigenvalue weighted by Crippen LogP contribution is 2.36. The summed E-state index contributed by atoms with van der Waals surface area (Å²) in [5.74, 6) is 1.00. The van der Waals surface area contributed by atoms with Crippen LogP contribution in [0.15, 0.2) is 48.6 Å². The monoisotopic (exact) mass is 597 g/mol. The molecule has 3 aliphatic rings. The molecule has 3 aromatic rings. The molecule has 10 heteroatoms. The van der Waals surface area contributed by atoms with Crippen LogP contribution in [0.2, 0.25) is 0 Å². The topological polar surface area (TPSA) is 88.8 Å². The van der Waals surface area contributed by atoms with Gasteiger partial charge in [0.2, 0.25) is 5.91 Å². The van der Waals surface area contributed by atoms with Crippen molar-refractivity contribution in [2.45, 2.75) is 38.8 Å². The van der Waals surface area contributed by atoms with E-state index in [0.717, 1.165) is 49.6 Å². The molecule has 2 fully saturated rings. The van der Waals surface area contributed by atoms with Crippen molar-refractivity contribution in [3.63, 3.8) is 0 Å². The Hall–Kier alpha value is -4.23. The Morgan fingerprint density at radius 2 is 1.95 bits per heavy atom. The predicted molar refractivity (Wildman–Crippen MR) is 170 cm³/mol. The predicted octanol–water partition coefficient (Wildman–Crippen LogP) is 4.29. The number of likely N-dealkylation sites (tertiary alicyclic amines) is 1. The van der Waals surface area contributed by atoms with Gasteiger partial charge in [-0.15, -0.1) is 0 Å².